The predicted molar refractivity (Wildman–Crippen MR) is 149 cm³/mol. The standard InChI is InChI=1S/C30H18ClF4N3O5/c31-24-10-6-17(13-22(24)27(39)36-15-16-4-7-19(32)8-5-16)25-11-9-21(43-25)14-23-26(30(33,34)35)37-38(28(23)40)20-3-1-2-18(12-20)29(41)42/h1-14H,15H2,(H,36,39)(H,41,42)/b23-14-. The monoisotopic (exact) mass is 611 g/mol. The number of carboxylic acid groups (broad SMARTS) is 1. The summed E-state index contributed by atoms with van der Waals surface area (Å²) in [7, 11) is 0. The highest BCUT2D eigenvalue weighted by Crippen LogP contribution is 2.34. The molecule has 3 aromatic carbocycles. The Bertz CT molecular complexity index is 1810. The quantitative estimate of drug-likeness (QED) is 0.178. The molecule has 2 N–H and O–H groups in total. The number of nitrogens with one attached hydrogen (secondary N) is 1. The molecule has 0 fully saturated rings. The van der Waals surface area contributed by atoms with Gasteiger partial charge < -0.3 is 14.8 Å². The summed E-state index contributed by atoms with van der Waals surface area (Å²) >= 11 is 6.22. The van der Waals surface area contributed by atoms with Crippen LogP contribution in [0.3, 0.4) is 0 Å². The van der Waals surface area contributed by atoms with Crippen molar-refractivity contribution in [3.8, 4) is 11.3 Å². The van der Waals surface area contributed by atoms with E-state index in [1.165, 1.54) is 72.8 Å². The number of amides is 2. The third-order valence-electron chi connectivity index (χ3n) is 6.26. The molecule has 0 aliphatic carbocycles. The summed E-state index contributed by atoms with van der Waals surface area (Å²) in [6, 6.07) is 17.5. The second-order valence-electron chi connectivity index (χ2n) is 9.18. The summed E-state index contributed by atoms with van der Waals surface area (Å²) in [6.07, 6.45) is -4.13. The zero-order valence-electron chi connectivity index (χ0n) is 21.7. The van der Waals surface area contributed by atoms with Gasteiger partial charge >= 0.3 is 12.1 Å². The smallest absolute Gasteiger partial charge is 0.435 e. The number of halogens is 5. The van der Waals surface area contributed by atoms with E-state index in [2.05, 4.69) is 10.4 Å². The van der Waals surface area contributed by atoms with Crippen LogP contribution in [0.2, 0.25) is 5.02 Å². The molecule has 0 spiro atoms. The van der Waals surface area contributed by atoms with Crippen molar-refractivity contribution in [3.63, 3.8) is 0 Å². The van der Waals surface area contributed by atoms with E-state index in [-0.39, 0.29) is 39.9 Å². The van der Waals surface area contributed by atoms with Crippen LogP contribution in [0.15, 0.2) is 94.0 Å². The number of rotatable bonds is 7. The van der Waals surface area contributed by atoms with Crippen LogP contribution in [0.1, 0.15) is 32.0 Å². The number of alkyl halides is 3. The second kappa shape index (κ2) is 11.6. The molecule has 1 aliphatic rings. The molecule has 0 bridgehead atoms. The molecule has 0 radical (unpaired) electrons. The fourth-order valence-corrected chi connectivity index (χ4v) is 4.36. The van der Waals surface area contributed by atoms with E-state index >= 15 is 0 Å². The summed E-state index contributed by atoms with van der Waals surface area (Å²) < 4.78 is 60.4. The molecule has 0 unspecified atom stereocenters. The summed E-state index contributed by atoms with van der Waals surface area (Å²) in [6.45, 7) is 0.104. The maximum Gasteiger partial charge on any atom is 0.435 e. The zero-order chi connectivity index (χ0) is 30.9. The Labute approximate surface area is 245 Å². The van der Waals surface area contributed by atoms with Crippen LogP contribution in [0.25, 0.3) is 17.4 Å². The number of carbonyl (C=O) groups is 3. The molecule has 0 saturated heterocycles. The van der Waals surface area contributed by atoms with Gasteiger partial charge in [0.1, 0.15) is 17.3 Å². The summed E-state index contributed by atoms with van der Waals surface area (Å²) in [5, 5.41) is 15.9. The van der Waals surface area contributed by atoms with E-state index in [1.54, 1.807) is 0 Å². The van der Waals surface area contributed by atoms with Gasteiger partial charge in [-0.1, -0.05) is 29.8 Å². The van der Waals surface area contributed by atoms with Crippen molar-refractivity contribution in [2.45, 2.75) is 12.7 Å². The summed E-state index contributed by atoms with van der Waals surface area (Å²) in [5.41, 5.74) is -1.59. The maximum absolute atomic E-state index is 13.9. The predicted octanol–water partition coefficient (Wildman–Crippen LogP) is 6.72. The Kier molecular flexibility index (Phi) is 7.87. The molecule has 8 nitrogen and oxygen atoms in total. The van der Waals surface area contributed by atoms with Crippen LogP contribution in [0, 0.1) is 5.82 Å². The molecule has 5 rings (SSSR count). The lowest BCUT2D eigenvalue weighted by Crippen LogP contribution is -2.25. The largest absolute Gasteiger partial charge is 0.478 e. The SMILES string of the molecule is O=C(O)c1cccc(N2N=C(C(F)(F)F)/C(=C/c3ccc(-c4ccc(Cl)c(C(=O)NCc5ccc(F)cc5)c4)o3)C2=O)c1. The van der Waals surface area contributed by atoms with Crippen molar-refractivity contribution >= 4 is 46.9 Å². The molecule has 218 valence electrons. The molecule has 2 heterocycles. The van der Waals surface area contributed by atoms with Gasteiger partial charge in [0.05, 0.1) is 27.4 Å². The first-order valence-corrected chi connectivity index (χ1v) is 12.8. The number of carboxylic acids is 1. The van der Waals surface area contributed by atoms with Crippen molar-refractivity contribution < 1.29 is 41.5 Å². The molecule has 43 heavy (non-hydrogen) atoms. The molecular weight excluding hydrogens is 594 g/mol. The average Bonchev–Trinajstić information content (AvgIpc) is 3.57. The first-order valence-electron chi connectivity index (χ1n) is 12.4. The summed E-state index contributed by atoms with van der Waals surface area (Å²) in [5.74, 6) is -3.37. The van der Waals surface area contributed by atoms with Crippen LogP contribution in [-0.2, 0) is 11.3 Å². The van der Waals surface area contributed by atoms with Gasteiger partial charge in [-0.3, -0.25) is 9.59 Å². The van der Waals surface area contributed by atoms with Gasteiger partial charge in [0, 0.05) is 12.1 Å². The molecule has 0 atom stereocenters. The summed E-state index contributed by atoms with van der Waals surface area (Å²) in [4.78, 5) is 37.1. The number of carbonyl (C=O) groups excluding carboxylic acids is 2. The van der Waals surface area contributed by atoms with E-state index in [9.17, 15) is 37.1 Å². The first kappa shape index (κ1) is 29.3. The normalized spacial score (nSPS) is 14.3. The third-order valence-corrected chi connectivity index (χ3v) is 6.59. The van der Waals surface area contributed by atoms with Gasteiger partial charge in [-0.2, -0.15) is 23.3 Å². The van der Waals surface area contributed by atoms with Crippen molar-refractivity contribution in [1.29, 1.82) is 0 Å². The van der Waals surface area contributed by atoms with Crippen molar-refractivity contribution in [3.05, 3.63) is 118 Å². The van der Waals surface area contributed by atoms with Gasteiger partial charge in [-0.25, -0.2) is 9.18 Å². The Morgan fingerprint density at radius 1 is 1.02 bits per heavy atom. The van der Waals surface area contributed by atoms with E-state index in [0.717, 1.165) is 12.1 Å². The topological polar surface area (TPSA) is 112 Å². The van der Waals surface area contributed by atoms with Crippen LogP contribution in [-0.4, -0.2) is 34.8 Å². The Balaban J connectivity index is 1.40. The van der Waals surface area contributed by atoms with Crippen molar-refractivity contribution in [2.75, 3.05) is 5.01 Å². The second-order valence-corrected chi connectivity index (χ2v) is 9.59. The Morgan fingerprint density at radius 3 is 2.47 bits per heavy atom. The third kappa shape index (κ3) is 6.33. The highest BCUT2D eigenvalue weighted by Gasteiger charge is 2.47. The van der Waals surface area contributed by atoms with Gasteiger partial charge in [-0.15, -0.1) is 0 Å². The van der Waals surface area contributed by atoms with Gasteiger partial charge in [0.25, 0.3) is 11.8 Å². The number of nitrogens with zero attached hydrogens (tertiary/aromatic N) is 2. The number of furan rings is 1. The minimum Gasteiger partial charge on any atom is -0.478 e. The number of benzene rings is 3. The highest BCUT2D eigenvalue weighted by atomic mass is 35.5. The number of hydrogen-bond donors (Lipinski definition) is 2. The van der Waals surface area contributed by atoms with E-state index in [0.29, 0.717) is 16.1 Å². The highest BCUT2D eigenvalue weighted by molar-refractivity contribution is 6.34. The number of aromatic carboxylic acids is 1. The van der Waals surface area contributed by atoms with Gasteiger partial charge in [0.15, 0.2) is 5.71 Å². The molecule has 1 aromatic heterocycles. The van der Waals surface area contributed by atoms with Crippen LogP contribution < -0.4 is 10.3 Å². The van der Waals surface area contributed by atoms with Gasteiger partial charge in [-0.05, 0) is 72.3 Å². The lowest BCUT2D eigenvalue weighted by atomic mass is 10.1. The fraction of sp³-hybridized carbons (Fsp3) is 0.0667. The van der Waals surface area contributed by atoms with Crippen LogP contribution in [0.4, 0.5) is 23.2 Å². The van der Waals surface area contributed by atoms with Crippen LogP contribution >= 0.6 is 11.6 Å². The molecule has 1 aliphatic heterocycles. The zero-order valence-corrected chi connectivity index (χ0v) is 22.4. The fourth-order valence-electron chi connectivity index (χ4n) is 4.16. The van der Waals surface area contributed by atoms with Crippen molar-refractivity contribution in [2.24, 2.45) is 5.10 Å². The number of hydrogen-bond acceptors (Lipinski definition) is 5. The Morgan fingerprint density at radius 2 is 1.77 bits per heavy atom. The molecular formula is C30H18ClF4N3O5. The molecule has 2 amide bonds. The minimum atomic E-state index is -5.01. The van der Waals surface area contributed by atoms with Crippen molar-refractivity contribution in [1.82, 2.24) is 5.32 Å². The molecule has 4 aromatic rings. The lowest BCUT2D eigenvalue weighted by molar-refractivity contribution is -0.114. The van der Waals surface area contributed by atoms with E-state index in [1.807, 2.05) is 0 Å². The van der Waals surface area contributed by atoms with Gasteiger partial charge in [0.2, 0.25) is 0 Å². The number of anilines is 1. The van der Waals surface area contributed by atoms with E-state index < -0.39 is 41.1 Å². The number of hydrazone groups is 1. The Hall–Kier alpha value is -5.23. The maximum atomic E-state index is 13.9. The first-order chi connectivity index (χ1) is 20.4. The minimum absolute atomic E-state index is 0.0919. The molecule has 0 saturated carbocycles. The van der Waals surface area contributed by atoms with Crippen LogP contribution in [0.5, 0.6) is 0 Å². The van der Waals surface area contributed by atoms with E-state index in [4.69, 9.17) is 16.0 Å². The molecule has 13 heteroatoms. The lowest BCUT2D eigenvalue weighted by Gasteiger charge is -2.11. The average molecular weight is 612 g/mol.